The van der Waals surface area contributed by atoms with Gasteiger partial charge in [-0.3, -0.25) is 4.79 Å². The van der Waals surface area contributed by atoms with Crippen LogP contribution in [0.3, 0.4) is 0 Å². The van der Waals surface area contributed by atoms with Crippen molar-refractivity contribution in [1.82, 2.24) is 5.32 Å². The largest absolute Gasteiger partial charge is 0.478 e. The van der Waals surface area contributed by atoms with E-state index in [-0.39, 0.29) is 11.5 Å². The Morgan fingerprint density at radius 3 is 2.33 bits per heavy atom. The SMILES string of the molecule is C=CNC(=O)C(c1ccc(C(=O)O)cc1)c1ccccc1N1CCCCC1. The molecule has 27 heavy (non-hydrogen) atoms. The van der Waals surface area contributed by atoms with Gasteiger partial charge in [0.2, 0.25) is 5.91 Å². The number of benzene rings is 2. The van der Waals surface area contributed by atoms with Crippen molar-refractivity contribution in [3.8, 4) is 0 Å². The van der Waals surface area contributed by atoms with E-state index < -0.39 is 11.9 Å². The summed E-state index contributed by atoms with van der Waals surface area (Å²) in [5, 5.41) is 11.8. The summed E-state index contributed by atoms with van der Waals surface area (Å²) in [6.07, 6.45) is 4.90. The van der Waals surface area contributed by atoms with Crippen molar-refractivity contribution < 1.29 is 14.7 Å². The van der Waals surface area contributed by atoms with Gasteiger partial charge in [0.05, 0.1) is 11.5 Å². The molecule has 0 radical (unpaired) electrons. The van der Waals surface area contributed by atoms with Crippen molar-refractivity contribution in [2.45, 2.75) is 25.2 Å². The average molecular weight is 364 g/mol. The van der Waals surface area contributed by atoms with Gasteiger partial charge in [-0.2, -0.15) is 0 Å². The Hall–Kier alpha value is -3.08. The summed E-state index contributed by atoms with van der Waals surface area (Å²) in [6, 6.07) is 14.5. The highest BCUT2D eigenvalue weighted by Crippen LogP contribution is 2.34. The predicted octanol–water partition coefficient (Wildman–Crippen LogP) is 3.77. The Balaban J connectivity index is 2.04. The van der Waals surface area contributed by atoms with Crippen molar-refractivity contribution >= 4 is 17.6 Å². The maximum atomic E-state index is 12.9. The molecule has 0 aromatic heterocycles. The summed E-state index contributed by atoms with van der Waals surface area (Å²) >= 11 is 0. The fourth-order valence-electron chi connectivity index (χ4n) is 3.63. The van der Waals surface area contributed by atoms with Crippen LogP contribution in [0.1, 0.15) is 46.7 Å². The minimum Gasteiger partial charge on any atom is -0.478 e. The van der Waals surface area contributed by atoms with E-state index in [0.29, 0.717) is 0 Å². The Bertz CT molecular complexity index is 824. The molecule has 1 amide bonds. The van der Waals surface area contributed by atoms with Crippen LogP contribution in [0, 0.1) is 0 Å². The monoisotopic (exact) mass is 364 g/mol. The highest BCUT2D eigenvalue weighted by atomic mass is 16.4. The molecule has 1 unspecified atom stereocenters. The number of carboxylic acid groups (broad SMARTS) is 1. The molecule has 2 N–H and O–H groups in total. The molecule has 0 bridgehead atoms. The molecule has 5 heteroatoms. The van der Waals surface area contributed by atoms with Gasteiger partial charge in [0.25, 0.3) is 0 Å². The zero-order valence-corrected chi connectivity index (χ0v) is 15.2. The van der Waals surface area contributed by atoms with E-state index in [1.807, 2.05) is 18.2 Å². The zero-order chi connectivity index (χ0) is 19.2. The summed E-state index contributed by atoms with van der Waals surface area (Å²) in [4.78, 5) is 26.4. The third kappa shape index (κ3) is 4.19. The van der Waals surface area contributed by atoms with Gasteiger partial charge in [0.1, 0.15) is 0 Å². The topological polar surface area (TPSA) is 69.6 Å². The number of piperidine rings is 1. The third-order valence-corrected chi connectivity index (χ3v) is 4.94. The van der Waals surface area contributed by atoms with E-state index in [0.717, 1.165) is 42.7 Å². The smallest absolute Gasteiger partial charge is 0.335 e. The lowest BCUT2D eigenvalue weighted by Crippen LogP contribution is -2.32. The second kappa shape index (κ2) is 8.54. The van der Waals surface area contributed by atoms with Crippen molar-refractivity contribution in [2.75, 3.05) is 18.0 Å². The maximum Gasteiger partial charge on any atom is 0.335 e. The van der Waals surface area contributed by atoms with Crippen LogP contribution in [0.15, 0.2) is 61.3 Å². The summed E-state index contributed by atoms with van der Waals surface area (Å²) in [6.45, 7) is 5.55. The van der Waals surface area contributed by atoms with Crippen molar-refractivity contribution in [1.29, 1.82) is 0 Å². The number of carbonyl (C=O) groups is 2. The molecule has 2 aromatic carbocycles. The number of hydrogen-bond acceptors (Lipinski definition) is 3. The summed E-state index contributed by atoms with van der Waals surface area (Å²) in [5.74, 6) is -1.70. The van der Waals surface area contributed by atoms with Gasteiger partial charge in [0.15, 0.2) is 0 Å². The van der Waals surface area contributed by atoms with Crippen LogP contribution in [0.4, 0.5) is 5.69 Å². The number of carbonyl (C=O) groups excluding carboxylic acids is 1. The molecular weight excluding hydrogens is 340 g/mol. The molecule has 0 aliphatic carbocycles. The molecule has 0 saturated carbocycles. The highest BCUT2D eigenvalue weighted by Gasteiger charge is 2.27. The van der Waals surface area contributed by atoms with E-state index in [1.165, 1.54) is 24.8 Å². The first kappa shape index (κ1) is 18.7. The number of carboxylic acids is 1. The van der Waals surface area contributed by atoms with Crippen LogP contribution in [-0.4, -0.2) is 30.1 Å². The number of nitrogens with one attached hydrogen (secondary N) is 1. The normalized spacial score (nSPS) is 15.0. The molecule has 140 valence electrons. The Kier molecular flexibility index (Phi) is 5.91. The minimum absolute atomic E-state index is 0.183. The summed E-state index contributed by atoms with van der Waals surface area (Å²) in [7, 11) is 0. The lowest BCUT2D eigenvalue weighted by Gasteiger charge is -2.32. The number of anilines is 1. The van der Waals surface area contributed by atoms with Gasteiger partial charge in [0, 0.05) is 18.8 Å². The number of rotatable bonds is 6. The van der Waals surface area contributed by atoms with E-state index in [1.54, 1.807) is 12.1 Å². The van der Waals surface area contributed by atoms with Crippen LogP contribution < -0.4 is 10.2 Å². The standard InChI is InChI=1S/C22H24N2O3/c1-2-23-21(25)20(16-10-12-17(13-11-16)22(26)27)18-8-4-5-9-19(18)24-14-6-3-7-15-24/h2,4-5,8-13,20H,1,3,6-7,14-15H2,(H,23,25)(H,26,27). The van der Waals surface area contributed by atoms with Crippen LogP contribution in [0.5, 0.6) is 0 Å². The van der Waals surface area contributed by atoms with Crippen molar-refractivity contribution in [3.63, 3.8) is 0 Å². The molecule has 1 saturated heterocycles. The maximum absolute atomic E-state index is 12.9. The second-order valence-electron chi connectivity index (χ2n) is 6.68. The first-order valence-electron chi connectivity index (χ1n) is 9.20. The van der Waals surface area contributed by atoms with Crippen LogP contribution in [0.25, 0.3) is 0 Å². The lowest BCUT2D eigenvalue weighted by molar-refractivity contribution is -0.120. The molecule has 1 fully saturated rings. The van der Waals surface area contributed by atoms with Crippen molar-refractivity contribution in [3.05, 3.63) is 78.0 Å². The zero-order valence-electron chi connectivity index (χ0n) is 15.2. The van der Waals surface area contributed by atoms with E-state index in [2.05, 4.69) is 22.9 Å². The average Bonchev–Trinajstić information content (AvgIpc) is 2.70. The van der Waals surface area contributed by atoms with Crippen LogP contribution in [0.2, 0.25) is 0 Å². The number of aromatic carboxylic acids is 1. The summed E-state index contributed by atoms with van der Waals surface area (Å²) in [5.41, 5.74) is 2.93. The van der Waals surface area contributed by atoms with Gasteiger partial charge < -0.3 is 15.3 Å². The van der Waals surface area contributed by atoms with E-state index in [4.69, 9.17) is 5.11 Å². The van der Waals surface area contributed by atoms with Gasteiger partial charge in [-0.05, 0) is 54.8 Å². The molecule has 1 heterocycles. The number of amides is 1. The molecule has 1 aliphatic rings. The Morgan fingerprint density at radius 2 is 1.70 bits per heavy atom. The first-order chi connectivity index (χ1) is 13.1. The predicted molar refractivity (Wildman–Crippen MR) is 106 cm³/mol. The Morgan fingerprint density at radius 1 is 1.04 bits per heavy atom. The molecule has 1 aliphatic heterocycles. The Labute approximate surface area is 159 Å². The molecule has 1 atom stereocenters. The lowest BCUT2D eigenvalue weighted by atomic mass is 9.88. The van der Waals surface area contributed by atoms with Crippen LogP contribution >= 0.6 is 0 Å². The van der Waals surface area contributed by atoms with Crippen molar-refractivity contribution in [2.24, 2.45) is 0 Å². The van der Waals surface area contributed by atoms with E-state index >= 15 is 0 Å². The molecular formula is C22H24N2O3. The fourth-order valence-corrected chi connectivity index (χ4v) is 3.63. The molecule has 3 rings (SSSR count). The van der Waals surface area contributed by atoms with Gasteiger partial charge in [-0.1, -0.05) is 36.9 Å². The number of hydrogen-bond donors (Lipinski definition) is 2. The number of nitrogens with zero attached hydrogens (tertiary/aromatic N) is 1. The third-order valence-electron chi connectivity index (χ3n) is 4.94. The quantitative estimate of drug-likeness (QED) is 0.819. The summed E-state index contributed by atoms with van der Waals surface area (Å²) < 4.78 is 0. The van der Waals surface area contributed by atoms with Gasteiger partial charge in [-0.15, -0.1) is 0 Å². The van der Waals surface area contributed by atoms with Gasteiger partial charge in [-0.25, -0.2) is 4.79 Å². The minimum atomic E-state index is -0.984. The van der Waals surface area contributed by atoms with Gasteiger partial charge >= 0.3 is 5.97 Å². The fraction of sp³-hybridized carbons (Fsp3) is 0.273. The van der Waals surface area contributed by atoms with Crippen LogP contribution in [-0.2, 0) is 4.79 Å². The highest BCUT2D eigenvalue weighted by molar-refractivity contribution is 5.91. The second-order valence-corrected chi connectivity index (χ2v) is 6.68. The van der Waals surface area contributed by atoms with E-state index in [9.17, 15) is 9.59 Å². The molecule has 0 spiro atoms. The first-order valence-corrected chi connectivity index (χ1v) is 9.20. The number of para-hydroxylation sites is 1. The molecule has 2 aromatic rings. The molecule has 5 nitrogen and oxygen atoms in total.